The summed E-state index contributed by atoms with van der Waals surface area (Å²) in [6, 6.07) is 16.4. The normalized spacial score (nSPS) is 11.2. The molecule has 0 aliphatic carbocycles. The highest BCUT2D eigenvalue weighted by molar-refractivity contribution is 9.10. The van der Waals surface area contributed by atoms with Crippen LogP contribution >= 0.6 is 15.9 Å². The summed E-state index contributed by atoms with van der Waals surface area (Å²) >= 11 is 3.65. The fourth-order valence-electron chi connectivity index (χ4n) is 2.76. The van der Waals surface area contributed by atoms with Crippen LogP contribution in [0.5, 0.6) is 11.5 Å². The topological polar surface area (TPSA) is 18.5 Å². The van der Waals surface area contributed by atoms with Gasteiger partial charge >= 0.3 is 0 Å². The van der Waals surface area contributed by atoms with Crippen LogP contribution in [0.25, 0.3) is 22.9 Å². The van der Waals surface area contributed by atoms with Gasteiger partial charge < -0.3 is 9.47 Å². The van der Waals surface area contributed by atoms with Crippen LogP contribution in [-0.4, -0.2) is 14.2 Å². The predicted molar refractivity (Wildman–Crippen MR) is 105 cm³/mol. The molecular weight excluding hydrogens is 364 g/mol. The lowest BCUT2D eigenvalue weighted by Crippen LogP contribution is -1.90. The van der Waals surface area contributed by atoms with Gasteiger partial charge in [-0.25, -0.2) is 0 Å². The largest absolute Gasteiger partial charge is 0.496 e. The van der Waals surface area contributed by atoms with E-state index in [0.29, 0.717) is 0 Å². The molecule has 3 heteroatoms. The third kappa shape index (κ3) is 3.17. The van der Waals surface area contributed by atoms with Gasteiger partial charge in [0.15, 0.2) is 0 Å². The second-order valence-electron chi connectivity index (χ2n) is 5.59. The lowest BCUT2D eigenvalue weighted by Gasteiger charge is -2.10. The molecule has 122 valence electrons. The first-order chi connectivity index (χ1) is 11.6. The second-order valence-corrected chi connectivity index (χ2v) is 6.38. The molecule has 0 aliphatic rings. The first kappa shape index (κ1) is 16.6. The molecule has 0 heterocycles. The Morgan fingerprint density at radius 3 is 2.29 bits per heavy atom. The summed E-state index contributed by atoms with van der Waals surface area (Å²) in [6.45, 7) is 2.09. The SMILES string of the molecule is COc1cc2cccc(OC)c2cc1/C=C\c1cccc(C)c1Br. The van der Waals surface area contributed by atoms with Crippen molar-refractivity contribution < 1.29 is 9.47 Å². The Morgan fingerprint density at radius 1 is 0.833 bits per heavy atom. The third-order valence-electron chi connectivity index (χ3n) is 4.07. The molecule has 3 aromatic rings. The van der Waals surface area contributed by atoms with Crippen LogP contribution in [0.3, 0.4) is 0 Å². The maximum absolute atomic E-state index is 5.57. The highest BCUT2D eigenvalue weighted by Crippen LogP contribution is 2.33. The molecule has 0 saturated carbocycles. The Morgan fingerprint density at radius 2 is 1.54 bits per heavy atom. The first-order valence-corrected chi connectivity index (χ1v) is 8.51. The molecule has 24 heavy (non-hydrogen) atoms. The van der Waals surface area contributed by atoms with E-state index in [0.717, 1.165) is 37.9 Å². The third-order valence-corrected chi connectivity index (χ3v) is 5.16. The summed E-state index contributed by atoms with van der Waals surface area (Å²) in [6.07, 6.45) is 4.17. The average molecular weight is 383 g/mol. The molecule has 0 amide bonds. The van der Waals surface area contributed by atoms with Gasteiger partial charge in [-0.2, -0.15) is 0 Å². The Kier molecular flexibility index (Phi) is 4.91. The van der Waals surface area contributed by atoms with Crippen molar-refractivity contribution in [2.45, 2.75) is 6.92 Å². The Bertz CT molecular complexity index is 913. The molecule has 3 rings (SSSR count). The number of aryl methyl sites for hydroxylation is 1. The molecule has 0 unspecified atom stereocenters. The van der Waals surface area contributed by atoms with Gasteiger partial charge in [0.2, 0.25) is 0 Å². The van der Waals surface area contributed by atoms with E-state index in [1.807, 2.05) is 18.2 Å². The predicted octanol–water partition coefficient (Wildman–Crippen LogP) is 6.10. The van der Waals surface area contributed by atoms with Crippen molar-refractivity contribution in [1.82, 2.24) is 0 Å². The van der Waals surface area contributed by atoms with Gasteiger partial charge in [0, 0.05) is 15.4 Å². The summed E-state index contributed by atoms with van der Waals surface area (Å²) < 4.78 is 12.2. The van der Waals surface area contributed by atoms with E-state index in [4.69, 9.17) is 9.47 Å². The lowest BCUT2D eigenvalue weighted by molar-refractivity contribution is 0.413. The molecular formula is C21H19BrO2. The van der Waals surface area contributed by atoms with E-state index in [1.54, 1.807) is 14.2 Å². The fraction of sp³-hybridized carbons (Fsp3) is 0.143. The maximum Gasteiger partial charge on any atom is 0.126 e. The van der Waals surface area contributed by atoms with Crippen LogP contribution in [-0.2, 0) is 0 Å². The fourth-order valence-corrected chi connectivity index (χ4v) is 3.15. The number of halogens is 1. The van der Waals surface area contributed by atoms with Gasteiger partial charge in [-0.15, -0.1) is 0 Å². The summed E-state index contributed by atoms with van der Waals surface area (Å²) in [4.78, 5) is 0. The molecule has 0 spiro atoms. The Balaban J connectivity index is 2.11. The van der Waals surface area contributed by atoms with Gasteiger partial charge in [-0.1, -0.05) is 42.5 Å². The van der Waals surface area contributed by atoms with Crippen LogP contribution in [0.1, 0.15) is 16.7 Å². The van der Waals surface area contributed by atoms with Crippen LogP contribution in [0.2, 0.25) is 0 Å². The first-order valence-electron chi connectivity index (χ1n) is 7.72. The van der Waals surface area contributed by atoms with Crippen LogP contribution in [0.15, 0.2) is 53.0 Å². The summed E-state index contributed by atoms with van der Waals surface area (Å²) in [5.41, 5.74) is 3.37. The molecule has 0 bridgehead atoms. The number of rotatable bonds is 4. The number of methoxy groups -OCH3 is 2. The zero-order valence-electron chi connectivity index (χ0n) is 14.0. The van der Waals surface area contributed by atoms with Gasteiger partial charge in [0.25, 0.3) is 0 Å². The van der Waals surface area contributed by atoms with E-state index in [2.05, 4.69) is 65.3 Å². The van der Waals surface area contributed by atoms with Crippen molar-refractivity contribution in [2.24, 2.45) is 0 Å². The zero-order valence-corrected chi connectivity index (χ0v) is 15.6. The molecule has 0 saturated heterocycles. The molecule has 0 aromatic heterocycles. The Hall–Kier alpha value is -2.26. The molecule has 0 atom stereocenters. The van der Waals surface area contributed by atoms with Gasteiger partial charge in [0.1, 0.15) is 11.5 Å². The minimum Gasteiger partial charge on any atom is -0.496 e. The van der Waals surface area contributed by atoms with E-state index < -0.39 is 0 Å². The van der Waals surface area contributed by atoms with Crippen molar-refractivity contribution >= 4 is 38.9 Å². The molecule has 3 aromatic carbocycles. The molecule has 0 fully saturated rings. The minimum absolute atomic E-state index is 0.843. The van der Waals surface area contributed by atoms with Crippen LogP contribution in [0.4, 0.5) is 0 Å². The lowest BCUT2D eigenvalue weighted by atomic mass is 10.0. The van der Waals surface area contributed by atoms with Crippen molar-refractivity contribution in [3.8, 4) is 11.5 Å². The number of fused-ring (bicyclic) bond motifs is 1. The van der Waals surface area contributed by atoms with Gasteiger partial charge in [0.05, 0.1) is 14.2 Å². The number of ether oxygens (including phenoxy) is 2. The highest BCUT2D eigenvalue weighted by atomic mass is 79.9. The maximum atomic E-state index is 5.57. The molecule has 0 aliphatic heterocycles. The number of benzene rings is 3. The monoisotopic (exact) mass is 382 g/mol. The summed E-state index contributed by atoms with van der Waals surface area (Å²) in [5.74, 6) is 1.71. The van der Waals surface area contributed by atoms with Crippen molar-refractivity contribution in [3.05, 3.63) is 69.7 Å². The summed E-state index contributed by atoms with van der Waals surface area (Å²) in [7, 11) is 3.39. The zero-order chi connectivity index (χ0) is 17.1. The summed E-state index contributed by atoms with van der Waals surface area (Å²) in [5, 5.41) is 2.17. The van der Waals surface area contributed by atoms with E-state index >= 15 is 0 Å². The van der Waals surface area contributed by atoms with E-state index in [1.165, 1.54) is 5.56 Å². The van der Waals surface area contributed by atoms with Crippen molar-refractivity contribution in [1.29, 1.82) is 0 Å². The molecule has 2 nitrogen and oxygen atoms in total. The van der Waals surface area contributed by atoms with Gasteiger partial charge in [-0.05, 0) is 57.6 Å². The number of hydrogen-bond acceptors (Lipinski definition) is 2. The number of hydrogen-bond donors (Lipinski definition) is 0. The van der Waals surface area contributed by atoms with Crippen molar-refractivity contribution in [2.75, 3.05) is 14.2 Å². The highest BCUT2D eigenvalue weighted by Gasteiger charge is 2.07. The van der Waals surface area contributed by atoms with Crippen LogP contribution < -0.4 is 9.47 Å². The standard InChI is InChI=1S/C21H19BrO2/c1-14-6-4-7-15(21(14)22)10-11-17-12-18-16(13-20(17)24-3)8-5-9-19(18)23-2/h4-13H,1-3H3/b11-10-. The molecule has 0 radical (unpaired) electrons. The quantitative estimate of drug-likeness (QED) is 0.507. The average Bonchev–Trinajstić information content (AvgIpc) is 2.61. The van der Waals surface area contributed by atoms with Crippen molar-refractivity contribution in [3.63, 3.8) is 0 Å². The second kappa shape index (κ2) is 7.10. The molecule has 0 N–H and O–H groups in total. The van der Waals surface area contributed by atoms with E-state index in [-0.39, 0.29) is 0 Å². The van der Waals surface area contributed by atoms with E-state index in [9.17, 15) is 0 Å². The smallest absolute Gasteiger partial charge is 0.126 e. The van der Waals surface area contributed by atoms with Gasteiger partial charge in [-0.3, -0.25) is 0 Å². The van der Waals surface area contributed by atoms with Crippen LogP contribution in [0, 0.1) is 6.92 Å². The Labute approximate surface area is 150 Å². The minimum atomic E-state index is 0.843.